The first-order valence-electron chi connectivity index (χ1n) is 7.78. The Morgan fingerprint density at radius 3 is 2.55 bits per heavy atom. The summed E-state index contributed by atoms with van der Waals surface area (Å²) >= 11 is 0. The molecule has 1 aromatic rings. The number of fused-ring (bicyclic) bond motifs is 1. The van der Waals surface area contributed by atoms with Gasteiger partial charge in [-0.3, -0.25) is 0 Å². The van der Waals surface area contributed by atoms with Crippen molar-refractivity contribution in [2.75, 3.05) is 6.61 Å². The Hall–Kier alpha value is -1.12. The first-order chi connectivity index (χ1) is 9.69. The van der Waals surface area contributed by atoms with Crippen LogP contribution in [0.5, 0.6) is 5.75 Å². The van der Waals surface area contributed by atoms with Crippen LogP contribution >= 0.6 is 0 Å². The van der Waals surface area contributed by atoms with E-state index in [0.29, 0.717) is 18.4 Å². The minimum atomic E-state index is -0.823. The van der Waals surface area contributed by atoms with Gasteiger partial charge in [-0.2, -0.15) is 4.39 Å². The van der Waals surface area contributed by atoms with E-state index in [2.05, 4.69) is 6.92 Å². The van der Waals surface area contributed by atoms with E-state index in [0.717, 1.165) is 17.9 Å². The van der Waals surface area contributed by atoms with E-state index in [1.54, 1.807) is 6.07 Å². The smallest absolute Gasteiger partial charge is 0.200 e. The second kappa shape index (κ2) is 5.71. The lowest BCUT2D eigenvalue weighted by atomic mass is 9.73. The Morgan fingerprint density at radius 2 is 1.85 bits per heavy atom. The number of hydrogen-bond donors (Lipinski definition) is 0. The molecule has 0 N–H and O–H groups in total. The molecule has 1 atom stereocenters. The van der Waals surface area contributed by atoms with Crippen LogP contribution in [0.3, 0.4) is 0 Å². The lowest BCUT2D eigenvalue weighted by molar-refractivity contribution is 0.122. The van der Waals surface area contributed by atoms with Crippen LogP contribution in [0.25, 0.3) is 0 Å². The SMILES string of the molecule is CCC1CCC(C2COc3c(ccc(F)c3F)C2)CC1. The van der Waals surface area contributed by atoms with E-state index in [-0.39, 0.29) is 5.75 Å². The maximum absolute atomic E-state index is 13.6. The fraction of sp³-hybridized carbons (Fsp3) is 0.647. The fourth-order valence-electron chi connectivity index (χ4n) is 3.79. The molecule has 1 fully saturated rings. The highest BCUT2D eigenvalue weighted by Crippen LogP contribution is 2.40. The van der Waals surface area contributed by atoms with Gasteiger partial charge in [-0.1, -0.05) is 32.3 Å². The van der Waals surface area contributed by atoms with Crippen molar-refractivity contribution < 1.29 is 13.5 Å². The van der Waals surface area contributed by atoms with Gasteiger partial charge in [-0.25, -0.2) is 4.39 Å². The van der Waals surface area contributed by atoms with Crippen LogP contribution in [-0.4, -0.2) is 6.61 Å². The van der Waals surface area contributed by atoms with Crippen molar-refractivity contribution in [1.82, 2.24) is 0 Å². The third-order valence-electron chi connectivity index (χ3n) is 5.19. The minimum absolute atomic E-state index is 0.142. The van der Waals surface area contributed by atoms with Gasteiger partial charge in [-0.15, -0.1) is 0 Å². The van der Waals surface area contributed by atoms with Crippen molar-refractivity contribution >= 4 is 0 Å². The van der Waals surface area contributed by atoms with Crippen molar-refractivity contribution in [3.8, 4) is 5.75 Å². The van der Waals surface area contributed by atoms with Crippen LogP contribution in [0.2, 0.25) is 0 Å². The van der Waals surface area contributed by atoms with Crippen molar-refractivity contribution in [1.29, 1.82) is 0 Å². The third kappa shape index (κ3) is 2.55. The van der Waals surface area contributed by atoms with Gasteiger partial charge in [0, 0.05) is 0 Å². The summed E-state index contributed by atoms with van der Waals surface area (Å²) in [7, 11) is 0. The average Bonchev–Trinajstić information content (AvgIpc) is 2.51. The molecule has 0 saturated heterocycles. The molecule has 0 amide bonds. The molecule has 0 aromatic heterocycles. The maximum Gasteiger partial charge on any atom is 0.200 e. The maximum atomic E-state index is 13.6. The topological polar surface area (TPSA) is 9.23 Å². The summed E-state index contributed by atoms with van der Waals surface area (Å²) in [6, 6.07) is 2.89. The molecule has 20 heavy (non-hydrogen) atoms. The van der Waals surface area contributed by atoms with E-state index in [1.807, 2.05) is 0 Å². The monoisotopic (exact) mass is 280 g/mol. The zero-order valence-corrected chi connectivity index (χ0v) is 12.0. The summed E-state index contributed by atoms with van der Waals surface area (Å²) in [6.07, 6.45) is 7.23. The Kier molecular flexibility index (Phi) is 3.95. The molecule has 0 spiro atoms. The molecule has 3 rings (SSSR count). The predicted octanol–water partition coefficient (Wildman–Crippen LogP) is 4.73. The number of benzene rings is 1. The molecular weight excluding hydrogens is 258 g/mol. The molecule has 2 aliphatic rings. The first kappa shape index (κ1) is 13.8. The van der Waals surface area contributed by atoms with Gasteiger partial charge in [0.05, 0.1) is 6.61 Å². The van der Waals surface area contributed by atoms with E-state index in [9.17, 15) is 8.78 Å². The standard InChI is InChI=1S/C17H22F2O/c1-2-11-3-5-12(6-4-11)14-9-13-7-8-15(18)16(19)17(13)20-10-14/h7-8,11-12,14H,2-6,9-10H2,1H3. The van der Waals surface area contributed by atoms with E-state index >= 15 is 0 Å². The molecule has 0 radical (unpaired) electrons. The Balaban J connectivity index is 1.69. The third-order valence-corrected chi connectivity index (χ3v) is 5.19. The predicted molar refractivity (Wildman–Crippen MR) is 74.8 cm³/mol. The van der Waals surface area contributed by atoms with Crippen LogP contribution in [0.15, 0.2) is 12.1 Å². The van der Waals surface area contributed by atoms with E-state index < -0.39 is 11.6 Å². The van der Waals surface area contributed by atoms with Gasteiger partial charge in [-0.05, 0) is 48.6 Å². The van der Waals surface area contributed by atoms with Crippen LogP contribution in [0.4, 0.5) is 8.78 Å². The Labute approximate surface area is 119 Å². The molecule has 1 saturated carbocycles. The van der Waals surface area contributed by atoms with Crippen molar-refractivity contribution in [3.05, 3.63) is 29.3 Å². The second-order valence-corrected chi connectivity index (χ2v) is 6.31. The van der Waals surface area contributed by atoms with E-state index in [4.69, 9.17) is 4.74 Å². The highest BCUT2D eigenvalue weighted by molar-refractivity contribution is 5.37. The molecule has 0 bridgehead atoms. The molecule has 1 heterocycles. The quantitative estimate of drug-likeness (QED) is 0.761. The highest BCUT2D eigenvalue weighted by Gasteiger charge is 2.32. The largest absolute Gasteiger partial charge is 0.490 e. The van der Waals surface area contributed by atoms with Crippen LogP contribution in [0.1, 0.15) is 44.6 Å². The molecule has 1 aliphatic carbocycles. The molecular formula is C17H22F2O. The van der Waals surface area contributed by atoms with Crippen LogP contribution in [0, 0.1) is 29.4 Å². The normalized spacial score (nSPS) is 29.6. The van der Waals surface area contributed by atoms with Gasteiger partial charge in [0.2, 0.25) is 5.82 Å². The number of halogens is 2. The molecule has 1 aliphatic heterocycles. The van der Waals surface area contributed by atoms with Gasteiger partial charge < -0.3 is 4.74 Å². The van der Waals surface area contributed by atoms with Gasteiger partial charge in [0.25, 0.3) is 0 Å². The molecule has 1 nitrogen and oxygen atoms in total. The van der Waals surface area contributed by atoms with Crippen molar-refractivity contribution in [3.63, 3.8) is 0 Å². The van der Waals surface area contributed by atoms with Crippen molar-refractivity contribution in [2.24, 2.45) is 17.8 Å². The Morgan fingerprint density at radius 1 is 1.10 bits per heavy atom. The lowest BCUT2D eigenvalue weighted by Gasteiger charge is -2.36. The summed E-state index contributed by atoms with van der Waals surface area (Å²) in [5.41, 5.74) is 0.831. The minimum Gasteiger partial charge on any atom is -0.490 e. The fourth-order valence-corrected chi connectivity index (χ4v) is 3.79. The van der Waals surface area contributed by atoms with Crippen molar-refractivity contribution in [2.45, 2.75) is 45.4 Å². The Bertz CT molecular complexity index is 478. The lowest BCUT2D eigenvalue weighted by Crippen LogP contribution is -2.31. The zero-order chi connectivity index (χ0) is 14.1. The van der Waals surface area contributed by atoms with Gasteiger partial charge in [0.15, 0.2) is 11.6 Å². The number of rotatable bonds is 2. The first-order valence-corrected chi connectivity index (χ1v) is 7.78. The number of ether oxygens (including phenoxy) is 1. The molecule has 1 aromatic carbocycles. The molecule has 110 valence electrons. The highest BCUT2D eigenvalue weighted by atomic mass is 19.2. The molecule has 1 unspecified atom stereocenters. The van der Waals surface area contributed by atoms with E-state index in [1.165, 1.54) is 38.2 Å². The molecule has 3 heteroatoms. The summed E-state index contributed by atoms with van der Waals surface area (Å²) in [6.45, 7) is 2.80. The summed E-state index contributed by atoms with van der Waals surface area (Å²) < 4.78 is 32.4. The van der Waals surface area contributed by atoms with Crippen LogP contribution < -0.4 is 4.74 Å². The van der Waals surface area contributed by atoms with Gasteiger partial charge in [0.1, 0.15) is 0 Å². The zero-order valence-electron chi connectivity index (χ0n) is 12.0. The second-order valence-electron chi connectivity index (χ2n) is 6.31. The number of hydrogen-bond acceptors (Lipinski definition) is 1. The summed E-state index contributed by atoms with van der Waals surface area (Å²) in [4.78, 5) is 0. The summed E-state index contributed by atoms with van der Waals surface area (Å²) in [5, 5.41) is 0. The average molecular weight is 280 g/mol. The summed E-state index contributed by atoms with van der Waals surface area (Å²) in [5.74, 6) is 0.531. The van der Waals surface area contributed by atoms with Gasteiger partial charge >= 0.3 is 0 Å². The van der Waals surface area contributed by atoms with Crippen LogP contribution in [-0.2, 0) is 6.42 Å².